The summed E-state index contributed by atoms with van der Waals surface area (Å²) in [4.78, 5) is 21.7. The van der Waals surface area contributed by atoms with Crippen molar-refractivity contribution in [1.82, 2.24) is 9.88 Å². The number of hydrogen-bond acceptors (Lipinski definition) is 5. The largest absolute Gasteiger partial charge is 0.494 e. The molecule has 166 valence electrons. The Hall–Kier alpha value is -3.54. The number of rotatable bonds is 6. The van der Waals surface area contributed by atoms with Gasteiger partial charge in [0.1, 0.15) is 22.8 Å². The van der Waals surface area contributed by atoms with Crippen LogP contribution in [0.3, 0.4) is 0 Å². The van der Waals surface area contributed by atoms with Crippen molar-refractivity contribution in [3.63, 3.8) is 0 Å². The Labute approximate surface area is 189 Å². The van der Waals surface area contributed by atoms with Crippen molar-refractivity contribution in [1.29, 1.82) is 0 Å². The normalized spacial score (nSPS) is 14.2. The average Bonchev–Trinajstić information content (AvgIpc) is 2.83. The van der Waals surface area contributed by atoms with Gasteiger partial charge < -0.3 is 19.3 Å². The summed E-state index contributed by atoms with van der Waals surface area (Å²) in [6.45, 7) is 7.51. The molecule has 6 nitrogen and oxygen atoms in total. The lowest BCUT2D eigenvalue weighted by molar-refractivity contribution is -0.126. The number of aromatic nitrogens is 1. The van der Waals surface area contributed by atoms with E-state index in [4.69, 9.17) is 14.5 Å². The molecule has 4 rings (SSSR count). The molecule has 0 spiro atoms. The number of carbonyl (C=O) groups excluding carboxylic acids is 1. The van der Waals surface area contributed by atoms with Crippen LogP contribution in [0.1, 0.15) is 18.1 Å². The van der Waals surface area contributed by atoms with Crippen LogP contribution in [0.25, 0.3) is 17.0 Å². The minimum Gasteiger partial charge on any atom is -0.494 e. The molecule has 1 amide bonds. The molecule has 0 unspecified atom stereocenters. The summed E-state index contributed by atoms with van der Waals surface area (Å²) in [7, 11) is 1.67. The van der Waals surface area contributed by atoms with Gasteiger partial charge in [0.2, 0.25) is 5.91 Å². The van der Waals surface area contributed by atoms with Crippen LogP contribution in [0, 0.1) is 6.92 Å². The molecule has 2 heterocycles. The van der Waals surface area contributed by atoms with E-state index in [0.29, 0.717) is 19.7 Å². The molecule has 32 heavy (non-hydrogen) atoms. The number of hydrogen-bond donors (Lipinski definition) is 0. The maximum absolute atomic E-state index is 12.7. The first-order valence-corrected chi connectivity index (χ1v) is 11.0. The Bertz CT molecular complexity index is 1120. The van der Waals surface area contributed by atoms with Gasteiger partial charge in [-0.1, -0.05) is 24.3 Å². The molecule has 2 aromatic carbocycles. The van der Waals surface area contributed by atoms with Crippen LogP contribution in [0.15, 0.2) is 54.6 Å². The maximum Gasteiger partial charge on any atom is 0.246 e. The number of aryl methyl sites for hydroxylation is 1. The fourth-order valence-corrected chi connectivity index (χ4v) is 3.97. The first kappa shape index (κ1) is 21.7. The third kappa shape index (κ3) is 4.69. The summed E-state index contributed by atoms with van der Waals surface area (Å²) >= 11 is 0. The summed E-state index contributed by atoms with van der Waals surface area (Å²) in [5.74, 6) is 2.57. The van der Waals surface area contributed by atoms with Crippen molar-refractivity contribution in [2.45, 2.75) is 13.8 Å². The second-order valence-corrected chi connectivity index (χ2v) is 7.80. The molecule has 0 atom stereocenters. The van der Waals surface area contributed by atoms with Gasteiger partial charge in [-0.2, -0.15) is 0 Å². The lowest BCUT2D eigenvalue weighted by Crippen LogP contribution is -2.48. The van der Waals surface area contributed by atoms with Crippen LogP contribution in [0.2, 0.25) is 0 Å². The van der Waals surface area contributed by atoms with Gasteiger partial charge in [0.25, 0.3) is 0 Å². The van der Waals surface area contributed by atoms with Crippen molar-refractivity contribution >= 4 is 28.7 Å². The highest BCUT2D eigenvalue weighted by Gasteiger charge is 2.21. The predicted molar refractivity (Wildman–Crippen MR) is 128 cm³/mol. The van der Waals surface area contributed by atoms with Crippen LogP contribution >= 0.6 is 0 Å². The Morgan fingerprint density at radius 2 is 1.84 bits per heavy atom. The van der Waals surface area contributed by atoms with Gasteiger partial charge in [0.05, 0.1) is 13.7 Å². The molecule has 0 aliphatic carbocycles. The minimum atomic E-state index is 0.0304. The van der Waals surface area contributed by atoms with Crippen LogP contribution in [0.4, 0.5) is 5.82 Å². The molecule has 0 bridgehead atoms. The summed E-state index contributed by atoms with van der Waals surface area (Å²) < 4.78 is 11.0. The van der Waals surface area contributed by atoms with Crippen LogP contribution in [-0.2, 0) is 4.79 Å². The van der Waals surface area contributed by atoms with E-state index in [-0.39, 0.29) is 5.91 Å². The Balaban J connectivity index is 1.40. The van der Waals surface area contributed by atoms with Gasteiger partial charge in [0, 0.05) is 37.6 Å². The molecule has 1 aromatic heterocycles. The Morgan fingerprint density at radius 1 is 1.09 bits per heavy atom. The Kier molecular flexibility index (Phi) is 6.59. The first-order chi connectivity index (χ1) is 15.6. The maximum atomic E-state index is 12.7. The van der Waals surface area contributed by atoms with Gasteiger partial charge in [0.15, 0.2) is 0 Å². The fourth-order valence-electron chi connectivity index (χ4n) is 3.97. The second kappa shape index (κ2) is 9.73. The molecule has 0 N–H and O–H groups in total. The van der Waals surface area contributed by atoms with Gasteiger partial charge in [-0.05, 0) is 55.3 Å². The highest BCUT2D eigenvalue weighted by atomic mass is 16.5. The van der Waals surface area contributed by atoms with Crippen LogP contribution in [-0.4, -0.2) is 55.7 Å². The molecule has 0 saturated carbocycles. The predicted octanol–water partition coefficient (Wildman–Crippen LogP) is 4.31. The molecular weight excluding hydrogens is 402 g/mol. The van der Waals surface area contributed by atoms with E-state index in [1.807, 2.05) is 54.3 Å². The first-order valence-electron chi connectivity index (χ1n) is 11.0. The standard InChI is InChI=1S/C26H29N3O3/c1-4-32-21-11-8-20(9-12-21)10-13-25(30)29-16-14-28(15-17-29)24-18-19(2)22-6-5-7-23(31-3)26(22)27-24/h5-13,18H,4,14-17H2,1-3H3/b13-10+. The quantitative estimate of drug-likeness (QED) is 0.545. The summed E-state index contributed by atoms with van der Waals surface area (Å²) in [5.41, 5.74) is 3.02. The highest BCUT2D eigenvalue weighted by molar-refractivity contribution is 5.92. The number of benzene rings is 2. The second-order valence-electron chi connectivity index (χ2n) is 7.80. The molecule has 1 aliphatic heterocycles. The number of anilines is 1. The molecule has 0 radical (unpaired) electrons. The molecular formula is C26H29N3O3. The number of pyridine rings is 1. The van der Waals surface area contributed by atoms with Crippen LogP contribution in [0.5, 0.6) is 11.5 Å². The van der Waals surface area contributed by atoms with E-state index in [1.54, 1.807) is 13.2 Å². The van der Waals surface area contributed by atoms with Crippen molar-refractivity contribution in [3.05, 3.63) is 65.7 Å². The van der Waals surface area contributed by atoms with E-state index in [2.05, 4.69) is 24.0 Å². The van der Waals surface area contributed by atoms with Gasteiger partial charge in [-0.15, -0.1) is 0 Å². The molecule has 1 aliphatic rings. The van der Waals surface area contributed by atoms with E-state index in [1.165, 1.54) is 5.56 Å². The monoisotopic (exact) mass is 431 g/mol. The zero-order valence-corrected chi connectivity index (χ0v) is 18.9. The van der Waals surface area contributed by atoms with E-state index in [9.17, 15) is 4.79 Å². The zero-order chi connectivity index (χ0) is 22.5. The van der Waals surface area contributed by atoms with E-state index >= 15 is 0 Å². The fraction of sp³-hybridized carbons (Fsp3) is 0.308. The van der Waals surface area contributed by atoms with E-state index in [0.717, 1.165) is 46.9 Å². The third-order valence-electron chi connectivity index (χ3n) is 5.74. The Morgan fingerprint density at radius 3 is 2.53 bits per heavy atom. The molecule has 1 fully saturated rings. The van der Waals surface area contributed by atoms with Crippen molar-refractivity contribution in [2.24, 2.45) is 0 Å². The lowest BCUT2D eigenvalue weighted by atomic mass is 10.1. The van der Waals surface area contributed by atoms with Crippen molar-refractivity contribution < 1.29 is 14.3 Å². The highest BCUT2D eigenvalue weighted by Crippen LogP contribution is 2.29. The van der Waals surface area contributed by atoms with Crippen molar-refractivity contribution in [3.8, 4) is 11.5 Å². The smallest absolute Gasteiger partial charge is 0.246 e. The molecule has 1 saturated heterocycles. The number of piperazine rings is 1. The van der Waals surface area contributed by atoms with Gasteiger partial charge in [-0.3, -0.25) is 4.79 Å². The number of fused-ring (bicyclic) bond motifs is 1. The number of amides is 1. The van der Waals surface area contributed by atoms with Crippen LogP contribution < -0.4 is 14.4 Å². The minimum absolute atomic E-state index is 0.0304. The number of carbonyl (C=O) groups is 1. The van der Waals surface area contributed by atoms with Gasteiger partial charge in [-0.25, -0.2) is 4.98 Å². The average molecular weight is 432 g/mol. The zero-order valence-electron chi connectivity index (χ0n) is 18.9. The van der Waals surface area contributed by atoms with E-state index < -0.39 is 0 Å². The van der Waals surface area contributed by atoms with Crippen molar-refractivity contribution in [2.75, 3.05) is 44.8 Å². The summed E-state index contributed by atoms with van der Waals surface area (Å²) in [6, 6.07) is 15.8. The number of para-hydroxylation sites is 1. The number of nitrogens with zero attached hydrogens (tertiary/aromatic N) is 3. The third-order valence-corrected chi connectivity index (χ3v) is 5.74. The number of methoxy groups -OCH3 is 1. The molecule has 3 aromatic rings. The number of ether oxygens (including phenoxy) is 2. The topological polar surface area (TPSA) is 54.9 Å². The summed E-state index contributed by atoms with van der Waals surface area (Å²) in [5, 5.41) is 1.10. The van der Waals surface area contributed by atoms with Gasteiger partial charge >= 0.3 is 0 Å². The summed E-state index contributed by atoms with van der Waals surface area (Å²) in [6.07, 6.45) is 3.50. The SMILES string of the molecule is CCOc1ccc(/C=C/C(=O)N2CCN(c3cc(C)c4cccc(OC)c4n3)CC2)cc1. The molecule has 6 heteroatoms. The lowest BCUT2D eigenvalue weighted by Gasteiger charge is -2.35.